The number of pyridine rings is 1. The number of carbonyl (C=O) groups is 2. The summed E-state index contributed by atoms with van der Waals surface area (Å²) in [5, 5.41) is 3.92. The predicted octanol–water partition coefficient (Wildman–Crippen LogP) is 1.46. The zero-order valence-corrected chi connectivity index (χ0v) is 15.6. The molecule has 0 bridgehead atoms. The molecule has 2 aromatic heterocycles. The summed E-state index contributed by atoms with van der Waals surface area (Å²) >= 11 is 1.61. The second-order valence-electron chi connectivity index (χ2n) is 6.29. The Labute approximate surface area is 157 Å². The number of thioether (sulfide) groups is 1. The largest absolute Gasteiger partial charge is 0.355 e. The van der Waals surface area contributed by atoms with Gasteiger partial charge in [-0.05, 0) is 18.6 Å². The zero-order valence-electron chi connectivity index (χ0n) is 14.8. The number of hydrogen-bond acceptors (Lipinski definition) is 5. The minimum Gasteiger partial charge on any atom is -0.355 e. The Morgan fingerprint density at radius 3 is 2.96 bits per heavy atom. The fourth-order valence-electron chi connectivity index (χ4n) is 2.92. The summed E-state index contributed by atoms with van der Waals surface area (Å²) < 4.78 is 1.95. The molecular weight excluding hydrogens is 350 g/mol. The van der Waals surface area contributed by atoms with Gasteiger partial charge < -0.3 is 14.8 Å². The van der Waals surface area contributed by atoms with Crippen molar-refractivity contribution >= 4 is 23.6 Å². The van der Waals surface area contributed by atoms with Crippen LogP contribution in [-0.4, -0.2) is 50.1 Å². The molecule has 0 aromatic carbocycles. The van der Waals surface area contributed by atoms with Gasteiger partial charge in [0.2, 0.25) is 11.8 Å². The molecule has 2 amide bonds. The number of nitrogens with zero attached hydrogens (tertiary/aromatic N) is 4. The molecule has 1 saturated heterocycles. The molecule has 0 radical (unpaired) electrons. The van der Waals surface area contributed by atoms with Crippen molar-refractivity contribution in [3.63, 3.8) is 0 Å². The van der Waals surface area contributed by atoms with Crippen molar-refractivity contribution in [2.75, 3.05) is 18.8 Å². The van der Waals surface area contributed by atoms with Gasteiger partial charge in [-0.3, -0.25) is 14.6 Å². The topological polar surface area (TPSA) is 80.1 Å². The molecule has 3 heterocycles. The van der Waals surface area contributed by atoms with Crippen LogP contribution in [-0.2, 0) is 23.2 Å². The molecule has 7 nitrogen and oxygen atoms in total. The number of aryl methyl sites for hydroxylation is 1. The molecule has 0 spiro atoms. The van der Waals surface area contributed by atoms with E-state index in [4.69, 9.17) is 0 Å². The molecule has 0 saturated carbocycles. The first-order valence-corrected chi connectivity index (χ1v) is 9.67. The number of likely N-dealkylation sites (tertiary alicyclic amines) is 1. The molecule has 1 aliphatic rings. The minimum atomic E-state index is -0.158. The number of piperidine rings is 1. The molecule has 138 valence electrons. The highest BCUT2D eigenvalue weighted by molar-refractivity contribution is 7.99. The normalized spacial score (nSPS) is 17.3. The Hall–Kier alpha value is -2.35. The standard InChI is InChI=1S/C18H23N5O2S/c1-22-10-8-21-18(22)26-11-9-20-17(25)14-5-6-16(24)23(12-14)13-15-4-2-3-7-19-15/h2-4,7-8,10,14H,5-6,9,11-13H2,1H3,(H,20,25). The van der Waals surface area contributed by atoms with Crippen molar-refractivity contribution in [3.8, 4) is 0 Å². The Morgan fingerprint density at radius 2 is 2.23 bits per heavy atom. The summed E-state index contributed by atoms with van der Waals surface area (Å²) in [4.78, 5) is 34.8. The molecule has 2 aromatic rings. The molecule has 26 heavy (non-hydrogen) atoms. The van der Waals surface area contributed by atoms with Gasteiger partial charge in [0.25, 0.3) is 0 Å². The van der Waals surface area contributed by atoms with Crippen LogP contribution in [0.15, 0.2) is 41.9 Å². The van der Waals surface area contributed by atoms with E-state index in [9.17, 15) is 9.59 Å². The van der Waals surface area contributed by atoms with Crippen molar-refractivity contribution in [3.05, 3.63) is 42.5 Å². The fourth-order valence-corrected chi connectivity index (χ4v) is 3.71. The lowest BCUT2D eigenvalue weighted by Gasteiger charge is -2.31. The number of aromatic nitrogens is 3. The first kappa shape index (κ1) is 18.4. The first-order valence-electron chi connectivity index (χ1n) is 8.69. The Balaban J connectivity index is 1.45. The van der Waals surface area contributed by atoms with Gasteiger partial charge in [0.15, 0.2) is 5.16 Å². The lowest BCUT2D eigenvalue weighted by Crippen LogP contribution is -2.45. The first-order chi connectivity index (χ1) is 12.6. The second kappa shape index (κ2) is 8.84. The summed E-state index contributed by atoms with van der Waals surface area (Å²) in [7, 11) is 1.95. The number of carbonyl (C=O) groups excluding carboxylic acids is 2. The molecule has 0 aliphatic carbocycles. The summed E-state index contributed by atoms with van der Waals surface area (Å²) in [6, 6.07) is 5.65. The third-order valence-corrected chi connectivity index (χ3v) is 5.42. The third kappa shape index (κ3) is 4.85. The van der Waals surface area contributed by atoms with Crippen molar-refractivity contribution in [1.82, 2.24) is 24.8 Å². The van der Waals surface area contributed by atoms with E-state index in [1.807, 2.05) is 36.0 Å². The van der Waals surface area contributed by atoms with Gasteiger partial charge in [0.1, 0.15) is 0 Å². The highest BCUT2D eigenvalue weighted by Gasteiger charge is 2.30. The number of hydrogen-bond donors (Lipinski definition) is 1. The van der Waals surface area contributed by atoms with Crippen LogP contribution in [0.2, 0.25) is 0 Å². The van der Waals surface area contributed by atoms with Crippen molar-refractivity contribution in [2.24, 2.45) is 13.0 Å². The average molecular weight is 373 g/mol. The van der Waals surface area contributed by atoms with Crippen LogP contribution < -0.4 is 5.32 Å². The maximum atomic E-state index is 12.4. The molecule has 8 heteroatoms. The van der Waals surface area contributed by atoms with Gasteiger partial charge in [0.05, 0.1) is 18.2 Å². The van der Waals surface area contributed by atoms with Crippen molar-refractivity contribution < 1.29 is 9.59 Å². The zero-order chi connectivity index (χ0) is 18.4. The van der Waals surface area contributed by atoms with Crippen LogP contribution >= 0.6 is 11.8 Å². The molecule has 3 rings (SSSR count). The lowest BCUT2D eigenvalue weighted by atomic mass is 9.96. The number of nitrogens with one attached hydrogen (secondary N) is 1. The third-order valence-electron chi connectivity index (χ3n) is 4.36. The Bertz CT molecular complexity index is 749. The van der Waals surface area contributed by atoms with Crippen LogP contribution in [0.25, 0.3) is 0 Å². The quantitative estimate of drug-likeness (QED) is 0.587. The molecule has 1 N–H and O–H groups in total. The fraction of sp³-hybridized carbons (Fsp3) is 0.444. The van der Waals surface area contributed by atoms with Gasteiger partial charge in [-0.15, -0.1) is 0 Å². The van der Waals surface area contributed by atoms with E-state index in [2.05, 4.69) is 15.3 Å². The molecular formula is C18H23N5O2S. The Kier molecular flexibility index (Phi) is 6.27. The van der Waals surface area contributed by atoms with E-state index in [1.54, 1.807) is 29.1 Å². The predicted molar refractivity (Wildman–Crippen MR) is 99.3 cm³/mol. The second-order valence-corrected chi connectivity index (χ2v) is 7.35. The van der Waals surface area contributed by atoms with Gasteiger partial charge in [-0.2, -0.15) is 0 Å². The summed E-state index contributed by atoms with van der Waals surface area (Å²) in [6.45, 7) is 1.49. The van der Waals surface area contributed by atoms with Crippen LogP contribution in [0.4, 0.5) is 0 Å². The molecule has 1 fully saturated rings. The maximum Gasteiger partial charge on any atom is 0.224 e. The average Bonchev–Trinajstić information content (AvgIpc) is 3.06. The van der Waals surface area contributed by atoms with Gasteiger partial charge in [-0.25, -0.2) is 4.98 Å². The lowest BCUT2D eigenvalue weighted by molar-refractivity contribution is -0.138. The highest BCUT2D eigenvalue weighted by atomic mass is 32.2. The number of rotatable bonds is 7. The molecule has 1 atom stereocenters. The Morgan fingerprint density at radius 1 is 1.35 bits per heavy atom. The van der Waals surface area contributed by atoms with E-state index < -0.39 is 0 Å². The number of amides is 2. The van der Waals surface area contributed by atoms with E-state index in [0.717, 1.165) is 16.6 Å². The highest BCUT2D eigenvalue weighted by Crippen LogP contribution is 2.20. The van der Waals surface area contributed by atoms with Gasteiger partial charge >= 0.3 is 0 Å². The van der Waals surface area contributed by atoms with Crippen LogP contribution in [0, 0.1) is 5.92 Å². The van der Waals surface area contributed by atoms with E-state index in [0.29, 0.717) is 32.5 Å². The van der Waals surface area contributed by atoms with E-state index >= 15 is 0 Å². The van der Waals surface area contributed by atoms with Crippen LogP contribution in [0.3, 0.4) is 0 Å². The smallest absolute Gasteiger partial charge is 0.224 e. The summed E-state index contributed by atoms with van der Waals surface area (Å²) in [5.41, 5.74) is 0.841. The maximum absolute atomic E-state index is 12.4. The monoisotopic (exact) mass is 373 g/mol. The van der Waals surface area contributed by atoms with Crippen molar-refractivity contribution in [1.29, 1.82) is 0 Å². The molecule has 1 aliphatic heterocycles. The van der Waals surface area contributed by atoms with Gasteiger partial charge in [-0.1, -0.05) is 17.8 Å². The van der Waals surface area contributed by atoms with E-state index in [1.165, 1.54) is 0 Å². The number of imidazole rings is 1. The van der Waals surface area contributed by atoms with Crippen LogP contribution in [0.1, 0.15) is 18.5 Å². The minimum absolute atomic E-state index is 0.0176. The van der Waals surface area contributed by atoms with Gasteiger partial charge in [0, 0.05) is 50.9 Å². The summed E-state index contributed by atoms with van der Waals surface area (Å²) in [5.74, 6) is 0.712. The molecule has 1 unspecified atom stereocenters. The SMILES string of the molecule is Cn1ccnc1SCCNC(=O)C1CCC(=O)N(Cc2ccccn2)C1. The van der Waals surface area contributed by atoms with E-state index in [-0.39, 0.29) is 17.7 Å². The van der Waals surface area contributed by atoms with Crippen LogP contribution in [0.5, 0.6) is 0 Å². The summed E-state index contributed by atoms with van der Waals surface area (Å²) in [6.07, 6.45) is 6.39. The van der Waals surface area contributed by atoms with Crippen molar-refractivity contribution in [2.45, 2.75) is 24.5 Å².